The fraction of sp³-hybridized carbons (Fsp3) is 0.400. The highest BCUT2D eigenvalue weighted by atomic mass is 16.2. The summed E-state index contributed by atoms with van der Waals surface area (Å²) < 4.78 is 0. The molecule has 3 rings (SSSR count). The summed E-state index contributed by atoms with van der Waals surface area (Å²) >= 11 is 0. The molecule has 1 unspecified atom stereocenters. The monoisotopic (exact) mass is 352 g/mol. The number of carbonyl (C=O) groups excluding carboxylic acids is 2. The molecule has 2 amide bonds. The van der Waals surface area contributed by atoms with Gasteiger partial charge in [-0.1, -0.05) is 25.0 Å². The quantitative estimate of drug-likeness (QED) is 0.866. The third kappa shape index (κ3) is 4.45. The molecule has 0 aliphatic heterocycles. The molecule has 2 aromatic rings. The molecular weight excluding hydrogens is 328 g/mol. The van der Waals surface area contributed by atoms with Crippen molar-refractivity contribution in [2.45, 2.75) is 45.6 Å². The standard InChI is InChI=1S/C20H24N4O2/c1-13(22-20(26)15-6-3-4-7-15)19(25)24-17-9-5-8-16(12-17)18-10-11-21-14(2)23-18/h5,8-13,15H,3-4,6-7H2,1-2H3,(H,22,26)(H,24,25). The molecule has 26 heavy (non-hydrogen) atoms. The average Bonchev–Trinajstić information content (AvgIpc) is 3.16. The molecule has 1 aromatic carbocycles. The second-order valence-electron chi connectivity index (χ2n) is 6.77. The summed E-state index contributed by atoms with van der Waals surface area (Å²) in [5.41, 5.74) is 2.37. The van der Waals surface area contributed by atoms with Crippen molar-refractivity contribution in [1.29, 1.82) is 0 Å². The van der Waals surface area contributed by atoms with Crippen LogP contribution in [0.25, 0.3) is 11.3 Å². The molecule has 1 aliphatic rings. The minimum Gasteiger partial charge on any atom is -0.344 e. The molecule has 136 valence electrons. The number of nitrogens with one attached hydrogen (secondary N) is 2. The van der Waals surface area contributed by atoms with Gasteiger partial charge in [0, 0.05) is 23.4 Å². The van der Waals surface area contributed by atoms with Gasteiger partial charge in [-0.2, -0.15) is 0 Å². The fourth-order valence-corrected chi connectivity index (χ4v) is 3.21. The molecule has 1 atom stereocenters. The number of nitrogens with zero attached hydrogens (tertiary/aromatic N) is 2. The van der Waals surface area contributed by atoms with Crippen molar-refractivity contribution in [1.82, 2.24) is 15.3 Å². The zero-order chi connectivity index (χ0) is 18.5. The Balaban J connectivity index is 1.63. The first-order chi connectivity index (χ1) is 12.5. The van der Waals surface area contributed by atoms with Crippen molar-refractivity contribution in [2.75, 3.05) is 5.32 Å². The Morgan fingerprint density at radius 1 is 1.19 bits per heavy atom. The maximum Gasteiger partial charge on any atom is 0.246 e. The summed E-state index contributed by atoms with van der Waals surface area (Å²) in [6, 6.07) is 8.74. The van der Waals surface area contributed by atoms with Crippen molar-refractivity contribution in [2.24, 2.45) is 5.92 Å². The van der Waals surface area contributed by atoms with Gasteiger partial charge in [-0.3, -0.25) is 9.59 Å². The van der Waals surface area contributed by atoms with Crippen LogP contribution in [0.15, 0.2) is 36.5 Å². The van der Waals surface area contributed by atoms with Gasteiger partial charge in [-0.15, -0.1) is 0 Å². The van der Waals surface area contributed by atoms with Crippen LogP contribution in [0.5, 0.6) is 0 Å². The predicted octanol–water partition coefficient (Wildman–Crippen LogP) is 3.09. The van der Waals surface area contributed by atoms with Crippen molar-refractivity contribution in [3.05, 3.63) is 42.4 Å². The fourth-order valence-electron chi connectivity index (χ4n) is 3.21. The number of carbonyl (C=O) groups is 2. The molecule has 1 fully saturated rings. The van der Waals surface area contributed by atoms with Crippen LogP contribution in [0.3, 0.4) is 0 Å². The number of amides is 2. The van der Waals surface area contributed by atoms with Crippen LogP contribution in [0.1, 0.15) is 38.4 Å². The third-order valence-electron chi connectivity index (χ3n) is 4.68. The van der Waals surface area contributed by atoms with Gasteiger partial charge in [-0.05, 0) is 44.9 Å². The number of benzene rings is 1. The van der Waals surface area contributed by atoms with Gasteiger partial charge >= 0.3 is 0 Å². The van der Waals surface area contributed by atoms with Crippen LogP contribution < -0.4 is 10.6 Å². The first-order valence-electron chi connectivity index (χ1n) is 9.04. The van der Waals surface area contributed by atoms with E-state index in [2.05, 4.69) is 20.6 Å². The van der Waals surface area contributed by atoms with E-state index >= 15 is 0 Å². The van der Waals surface area contributed by atoms with Crippen LogP contribution in [0.4, 0.5) is 5.69 Å². The maximum absolute atomic E-state index is 12.4. The molecule has 0 saturated heterocycles. The van der Waals surface area contributed by atoms with Crippen LogP contribution in [-0.4, -0.2) is 27.8 Å². The van der Waals surface area contributed by atoms with Crippen molar-refractivity contribution in [3.63, 3.8) is 0 Å². The molecule has 0 bridgehead atoms. The molecule has 0 radical (unpaired) electrons. The molecule has 1 saturated carbocycles. The Kier molecular flexibility index (Phi) is 5.61. The molecule has 2 N–H and O–H groups in total. The lowest BCUT2D eigenvalue weighted by molar-refractivity contribution is -0.128. The van der Waals surface area contributed by atoms with Gasteiger partial charge in [0.15, 0.2) is 0 Å². The maximum atomic E-state index is 12.4. The number of rotatable bonds is 5. The Morgan fingerprint density at radius 3 is 2.69 bits per heavy atom. The topological polar surface area (TPSA) is 84.0 Å². The second kappa shape index (κ2) is 8.08. The number of anilines is 1. The first-order valence-corrected chi connectivity index (χ1v) is 9.04. The molecule has 6 nitrogen and oxygen atoms in total. The van der Waals surface area contributed by atoms with E-state index in [1.807, 2.05) is 37.3 Å². The number of hydrogen-bond acceptors (Lipinski definition) is 4. The van der Waals surface area contributed by atoms with E-state index in [-0.39, 0.29) is 17.7 Å². The van der Waals surface area contributed by atoms with E-state index in [9.17, 15) is 9.59 Å². The minimum absolute atomic E-state index is 0.0182. The Morgan fingerprint density at radius 2 is 1.96 bits per heavy atom. The smallest absolute Gasteiger partial charge is 0.246 e. The predicted molar refractivity (Wildman–Crippen MR) is 100 cm³/mol. The van der Waals surface area contributed by atoms with E-state index in [4.69, 9.17) is 0 Å². The lowest BCUT2D eigenvalue weighted by Crippen LogP contribution is -2.43. The zero-order valence-corrected chi connectivity index (χ0v) is 15.2. The van der Waals surface area contributed by atoms with E-state index in [0.29, 0.717) is 11.5 Å². The second-order valence-corrected chi connectivity index (χ2v) is 6.77. The number of hydrogen-bond donors (Lipinski definition) is 2. The van der Waals surface area contributed by atoms with Crippen molar-refractivity contribution >= 4 is 17.5 Å². The highest BCUT2D eigenvalue weighted by molar-refractivity contribution is 5.97. The molecule has 1 heterocycles. The van der Waals surface area contributed by atoms with Gasteiger partial charge in [0.2, 0.25) is 11.8 Å². The Labute approximate surface area is 153 Å². The molecule has 0 spiro atoms. The Bertz CT molecular complexity index is 800. The lowest BCUT2D eigenvalue weighted by atomic mass is 10.1. The summed E-state index contributed by atoms with van der Waals surface area (Å²) in [7, 11) is 0. The normalized spacial score (nSPS) is 15.5. The van der Waals surface area contributed by atoms with Crippen LogP contribution >= 0.6 is 0 Å². The zero-order valence-electron chi connectivity index (χ0n) is 15.2. The van der Waals surface area contributed by atoms with Gasteiger partial charge in [0.05, 0.1) is 5.69 Å². The minimum atomic E-state index is -0.576. The first kappa shape index (κ1) is 18.0. The summed E-state index contributed by atoms with van der Waals surface area (Å²) in [5.74, 6) is 0.498. The van der Waals surface area contributed by atoms with Gasteiger partial charge in [-0.25, -0.2) is 9.97 Å². The van der Waals surface area contributed by atoms with Crippen LogP contribution in [0.2, 0.25) is 0 Å². The Hall–Kier alpha value is -2.76. The van der Waals surface area contributed by atoms with Gasteiger partial charge < -0.3 is 10.6 Å². The van der Waals surface area contributed by atoms with Crippen molar-refractivity contribution in [3.8, 4) is 11.3 Å². The number of aryl methyl sites for hydroxylation is 1. The molecule has 6 heteroatoms. The van der Waals surface area contributed by atoms with E-state index in [0.717, 1.165) is 36.9 Å². The van der Waals surface area contributed by atoms with Gasteiger partial charge in [0.25, 0.3) is 0 Å². The molecular formula is C20H24N4O2. The average molecular weight is 352 g/mol. The third-order valence-corrected chi connectivity index (χ3v) is 4.68. The van der Waals surface area contributed by atoms with E-state index in [1.54, 1.807) is 13.1 Å². The molecule has 1 aliphatic carbocycles. The van der Waals surface area contributed by atoms with Crippen LogP contribution in [-0.2, 0) is 9.59 Å². The lowest BCUT2D eigenvalue weighted by Gasteiger charge is -2.17. The van der Waals surface area contributed by atoms with Crippen molar-refractivity contribution < 1.29 is 9.59 Å². The summed E-state index contributed by atoms with van der Waals surface area (Å²) in [6.07, 6.45) is 5.73. The highest BCUT2D eigenvalue weighted by Crippen LogP contribution is 2.25. The summed E-state index contributed by atoms with van der Waals surface area (Å²) in [5, 5.41) is 5.69. The summed E-state index contributed by atoms with van der Waals surface area (Å²) in [4.78, 5) is 33.1. The largest absolute Gasteiger partial charge is 0.344 e. The van der Waals surface area contributed by atoms with E-state index in [1.165, 1.54) is 0 Å². The van der Waals surface area contributed by atoms with Gasteiger partial charge in [0.1, 0.15) is 11.9 Å². The molecule has 1 aromatic heterocycles. The van der Waals surface area contributed by atoms with E-state index < -0.39 is 6.04 Å². The van der Waals surface area contributed by atoms with Crippen LogP contribution in [0, 0.1) is 12.8 Å². The highest BCUT2D eigenvalue weighted by Gasteiger charge is 2.25. The SMILES string of the molecule is Cc1nccc(-c2cccc(NC(=O)C(C)NC(=O)C3CCCC3)c2)n1. The number of aromatic nitrogens is 2. The summed E-state index contributed by atoms with van der Waals surface area (Å²) in [6.45, 7) is 3.55.